The number of carbonyl (C=O) groups is 1. The molecule has 0 fully saturated rings. The molecular formula is C21H13F5N6O2. The maximum Gasteiger partial charge on any atom is 0.435 e. The van der Waals surface area contributed by atoms with Crippen LogP contribution in [0, 0.1) is 18.6 Å². The Morgan fingerprint density at radius 2 is 1.74 bits per heavy atom. The molecule has 34 heavy (non-hydrogen) atoms. The Kier molecular flexibility index (Phi) is 5.69. The molecule has 0 unspecified atom stereocenters. The van der Waals surface area contributed by atoms with Crippen molar-refractivity contribution in [2.24, 2.45) is 0 Å². The van der Waals surface area contributed by atoms with E-state index in [1.165, 1.54) is 25.4 Å². The van der Waals surface area contributed by atoms with Crippen molar-refractivity contribution in [1.29, 1.82) is 0 Å². The Labute approximate surface area is 187 Å². The number of aryl methyl sites for hydroxylation is 1. The van der Waals surface area contributed by atoms with Gasteiger partial charge >= 0.3 is 12.1 Å². The first-order chi connectivity index (χ1) is 16.0. The molecule has 0 aliphatic rings. The highest BCUT2D eigenvalue weighted by Crippen LogP contribution is 2.32. The molecule has 4 aromatic rings. The second kappa shape index (κ2) is 8.50. The number of halogens is 5. The quantitative estimate of drug-likeness (QED) is 0.400. The third-order valence-corrected chi connectivity index (χ3v) is 4.56. The van der Waals surface area contributed by atoms with Crippen molar-refractivity contribution in [3.05, 3.63) is 77.5 Å². The molecular weight excluding hydrogens is 463 g/mol. The fourth-order valence-corrected chi connectivity index (χ4v) is 3.08. The molecule has 0 aliphatic carbocycles. The summed E-state index contributed by atoms with van der Waals surface area (Å²) in [5.74, 6) is -3.35. The van der Waals surface area contributed by atoms with Gasteiger partial charge in [0.2, 0.25) is 5.95 Å². The number of hydrogen-bond acceptors (Lipinski definition) is 6. The monoisotopic (exact) mass is 476 g/mol. The molecule has 1 aromatic carbocycles. The number of carboxylic acids is 1. The normalized spacial score (nSPS) is 11.5. The minimum atomic E-state index is -4.73. The van der Waals surface area contributed by atoms with E-state index < -0.39 is 29.5 Å². The smallest absolute Gasteiger partial charge is 0.435 e. The van der Waals surface area contributed by atoms with Gasteiger partial charge in [0.15, 0.2) is 11.5 Å². The minimum absolute atomic E-state index is 0.0427. The number of rotatable bonds is 5. The Bertz CT molecular complexity index is 1380. The second-order valence-electron chi connectivity index (χ2n) is 7.06. The lowest BCUT2D eigenvalue weighted by atomic mass is 10.1. The zero-order valence-electron chi connectivity index (χ0n) is 17.1. The van der Waals surface area contributed by atoms with Crippen LogP contribution in [0.5, 0.6) is 0 Å². The van der Waals surface area contributed by atoms with Crippen molar-refractivity contribution < 1.29 is 31.9 Å². The summed E-state index contributed by atoms with van der Waals surface area (Å²) in [7, 11) is 0. The van der Waals surface area contributed by atoms with Gasteiger partial charge in [-0.25, -0.2) is 23.2 Å². The Hall–Kier alpha value is -4.42. The number of benzene rings is 1. The van der Waals surface area contributed by atoms with Crippen molar-refractivity contribution in [1.82, 2.24) is 24.7 Å². The molecule has 0 saturated heterocycles. The standard InChI is InChI=1S/C21H13F5N6O2/c1-10-2-17(21(24,25)26)31-32(10)18-16(11-3-12(19(33)34)8-27-7-11)9-28-20(30-18)29-15-5-13(22)4-14(23)6-15/h2-9H,1H3,(H,33,34)(H,28,29,30). The van der Waals surface area contributed by atoms with Crippen LogP contribution >= 0.6 is 0 Å². The maximum absolute atomic E-state index is 13.5. The largest absolute Gasteiger partial charge is 0.478 e. The van der Waals surface area contributed by atoms with Crippen LogP contribution in [0.15, 0.2) is 48.9 Å². The van der Waals surface area contributed by atoms with Gasteiger partial charge in [-0.2, -0.15) is 23.3 Å². The van der Waals surface area contributed by atoms with Gasteiger partial charge in [0.05, 0.1) is 5.56 Å². The molecule has 2 N–H and O–H groups in total. The molecule has 3 heterocycles. The van der Waals surface area contributed by atoms with E-state index in [4.69, 9.17) is 0 Å². The van der Waals surface area contributed by atoms with Gasteiger partial charge < -0.3 is 10.4 Å². The predicted octanol–water partition coefficient (Wildman–Crippen LogP) is 4.77. The minimum Gasteiger partial charge on any atom is -0.478 e. The lowest BCUT2D eigenvalue weighted by Crippen LogP contribution is -2.11. The number of nitrogens with zero attached hydrogens (tertiary/aromatic N) is 5. The number of aromatic nitrogens is 5. The van der Waals surface area contributed by atoms with E-state index in [0.29, 0.717) is 6.07 Å². The van der Waals surface area contributed by atoms with Gasteiger partial charge in [-0.15, -0.1) is 0 Å². The van der Waals surface area contributed by atoms with Crippen molar-refractivity contribution in [3.8, 4) is 16.9 Å². The number of nitrogens with one attached hydrogen (secondary N) is 1. The highest BCUT2D eigenvalue weighted by Gasteiger charge is 2.35. The lowest BCUT2D eigenvalue weighted by molar-refractivity contribution is -0.141. The molecule has 0 saturated carbocycles. The lowest BCUT2D eigenvalue weighted by Gasteiger charge is -2.13. The molecule has 13 heteroatoms. The van der Waals surface area contributed by atoms with Gasteiger partial charge in [-0.1, -0.05) is 0 Å². The van der Waals surface area contributed by atoms with E-state index in [9.17, 15) is 31.9 Å². The Morgan fingerprint density at radius 1 is 1.03 bits per heavy atom. The Balaban J connectivity index is 1.88. The van der Waals surface area contributed by atoms with Crippen LogP contribution in [0.2, 0.25) is 0 Å². The highest BCUT2D eigenvalue weighted by atomic mass is 19.4. The number of anilines is 2. The molecule has 4 rings (SSSR count). The van der Waals surface area contributed by atoms with Crippen LogP contribution in [0.3, 0.4) is 0 Å². The fraction of sp³-hybridized carbons (Fsp3) is 0.0952. The molecule has 0 spiro atoms. The number of carboxylic acid groups (broad SMARTS) is 1. The van der Waals surface area contributed by atoms with Crippen LogP contribution in [-0.4, -0.2) is 35.8 Å². The average Bonchev–Trinajstić information content (AvgIpc) is 3.15. The molecule has 3 aromatic heterocycles. The van der Waals surface area contributed by atoms with E-state index in [1.807, 2.05) is 0 Å². The third kappa shape index (κ3) is 4.67. The summed E-state index contributed by atoms with van der Waals surface area (Å²) in [5, 5.41) is 15.4. The average molecular weight is 476 g/mol. The third-order valence-electron chi connectivity index (χ3n) is 4.56. The summed E-state index contributed by atoms with van der Waals surface area (Å²) < 4.78 is 67.7. The summed E-state index contributed by atoms with van der Waals surface area (Å²) in [6, 6.07) is 4.67. The molecule has 0 atom stereocenters. The van der Waals surface area contributed by atoms with Gasteiger partial charge in [0, 0.05) is 47.2 Å². The van der Waals surface area contributed by atoms with E-state index in [0.717, 1.165) is 29.1 Å². The predicted molar refractivity (Wildman–Crippen MR) is 109 cm³/mol. The number of pyridine rings is 1. The molecule has 0 aliphatic heterocycles. The number of hydrogen-bond donors (Lipinski definition) is 2. The van der Waals surface area contributed by atoms with Gasteiger partial charge in [0.1, 0.15) is 11.6 Å². The molecule has 0 radical (unpaired) electrons. The van der Waals surface area contributed by atoms with Gasteiger partial charge in [-0.3, -0.25) is 4.98 Å². The highest BCUT2D eigenvalue weighted by molar-refractivity contribution is 5.89. The first-order valence-corrected chi connectivity index (χ1v) is 9.44. The molecule has 0 bridgehead atoms. The first kappa shape index (κ1) is 22.8. The van der Waals surface area contributed by atoms with Crippen molar-refractivity contribution in [2.45, 2.75) is 13.1 Å². The second-order valence-corrected chi connectivity index (χ2v) is 7.06. The first-order valence-electron chi connectivity index (χ1n) is 9.44. The molecule has 174 valence electrons. The van der Waals surface area contributed by atoms with Gasteiger partial charge in [-0.05, 0) is 31.2 Å². The number of aromatic carboxylic acids is 1. The van der Waals surface area contributed by atoms with Crippen molar-refractivity contribution in [3.63, 3.8) is 0 Å². The topological polar surface area (TPSA) is 106 Å². The van der Waals surface area contributed by atoms with Crippen LogP contribution < -0.4 is 5.32 Å². The maximum atomic E-state index is 13.5. The zero-order valence-corrected chi connectivity index (χ0v) is 17.1. The van der Waals surface area contributed by atoms with Crippen molar-refractivity contribution >= 4 is 17.6 Å². The fourth-order valence-electron chi connectivity index (χ4n) is 3.08. The van der Waals surface area contributed by atoms with Crippen LogP contribution in [0.1, 0.15) is 21.7 Å². The molecule has 8 nitrogen and oxygen atoms in total. The summed E-state index contributed by atoms with van der Waals surface area (Å²) >= 11 is 0. The summed E-state index contributed by atoms with van der Waals surface area (Å²) in [6.07, 6.45) is -1.14. The summed E-state index contributed by atoms with van der Waals surface area (Å²) in [5.41, 5.74) is -1.01. The van der Waals surface area contributed by atoms with Gasteiger partial charge in [0.25, 0.3) is 0 Å². The van der Waals surface area contributed by atoms with Crippen LogP contribution in [-0.2, 0) is 6.18 Å². The summed E-state index contributed by atoms with van der Waals surface area (Å²) in [6.45, 7) is 1.37. The van der Waals surface area contributed by atoms with E-state index in [1.54, 1.807) is 0 Å². The Morgan fingerprint density at radius 3 is 2.35 bits per heavy atom. The van der Waals surface area contributed by atoms with Crippen LogP contribution in [0.4, 0.5) is 33.6 Å². The van der Waals surface area contributed by atoms with E-state index in [2.05, 4.69) is 25.4 Å². The summed E-state index contributed by atoms with van der Waals surface area (Å²) in [4.78, 5) is 23.4. The number of alkyl halides is 3. The SMILES string of the molecule is Cc1cc(C(F)(F)F)nn1-c1nc(Nc2cc(F)cc(F)c2)ncc1-c1cncc(C(=O)O)c1. The van der Waals surface area contributed by atoms with Crippen LogP contribution in [0.25, 0.3) is 16.9 Å². The van der Waals surface area contributed by atoms with E-state index in [-0.39, 0.29) is 39.8 Å². The van der Waals surface area contributed by atoms with E-state index >= 15 is 0 Å². The van der Waals surface area contributed by atoms with Crippen molar-refractivity contribution in [2.75, 3.05) is 5.32 Å². The molecule has 0 amide bonds. The zero-order chi connectivity index (χ0) is 24.6.